The minimum absolute atomic E-state index is 0.0543. The van der Waals surface area contributed by atoms with Gasteiger partial charge in [-0.25, -0.2) is 0 Å². The molecular formula is C15H18N2O. The van der Waals surface area contributed by atoms with Gasteiger partial charge in [0.15, 0.2) is 0 Å². The molecule has 0 atom stereocenters. The van der Waals surface area contributed by atoms with Crippen molar-refractivity contribution in [2.24, 2.45) is 0 Å². The van der Waals surface area contributed by atoms with Crippen LogP contribution in [-0.2, 0) is 6.54 Å². The van der Waals surface area contributed by atoms with Gasteiger partial charge in [0.1, 0.15) is 5.69 Å². The maximum Gasteiger partial charge on any atom is 0.211 e. The Morgan fingerprint density at radius 2 is 2.00 bits per heavy atom. The van der Waals surface area contributed by atoms with Gasteiger partial charge in [-0.2, -0.15) is 5.10 Å². The standard InChI is InChI=1S/C15H18N2O/c1-5-17-14(9-11(3)16-17)15(18)13-8-6-7-10(2)12(13)4/h6-9H,5H2,1-4H3. The van der Waals surface area contributed by atoms with Crippen molar-refractivity contribution in [3.63, 3.8) is 0 Å². The van der Waals surface area contributed by atoms with Crippen molar-refractivity contribution in [2.45, 2.75) is 34.2 Å². The molecule has 0 saturated carbocycles. The Morgan fingerprint density at radius 3 is 2.67 bits per heavy atom. The van der Waals surface area contributed by atoms with Crippen LogP contribution in [0.5, 0.6) is 0 Å². The largest absolute Gasteiger partial charge is 0.287 e. The molecule has 0 spiro atoms. The molecule has 0 amide bonds. The van der Waals surface area contributed by atoms with Gasteiger partial charge in [0, 0.05) is 12.1 Å². The summed E-state index contributed by atoms with van der Waals surface area (Å²) in [6, 6.07) is 7.68. The van der Waals surface area contributed by atoms with Crippen LogP contribution in [0.25, 0.3) is 0 Å². The fourth-order valence-electron chi connectivity index (χ4n) is 2.10. The lowest BCUT2D eigenvalue weighted by atomic mass is 9.98. The summed E-state index contributed by atoms with van der Waals surface area (Å²) in [6.45, 7) is 8.62. The maximum absolute atomic E-state index is 12.6. The number of nitrogens with zero attached hydrogens (tertiary/aromatic N) is 2. The zero-order valence-electron chi connectivity index (χ0n) is 11.3. The summed E-state index contributed by atoms with van der Waals surface area (Å²) in [5.74, 6) is 0.0543. The number of benzene rings is 1. The molecule has 1 aromatic carbocycles. The first-order valence-electron chi connectivity index (χ1n) is 6.20. The second-order valence-electron chi connectivity index (χ2n) is 4.56. The molecule has 0 unspecified atom stereocenters. The lowest BCUT2D eigenvalue weighted by Crippen LogP contribution is -2.12. The first kappa shape index (κ1) is 12.6. The number of aryl methyl sites for hydroxylation is 3. The highest BCUT2D eigenvalue weighted by molar-refractivity contribution is 6.09. The smallest absolute Gasteiger partial charge is 0.211 e. The van der Waals surface area contributed by atoms with Crippen LogP contribution in [-0.4, -0.2) is 15.6 Å². The first-order chi connectivity index (χ1) is 8.54. The third-order valence-electron chi connectivity index (χ3n) is 3.28. The lowest BCUT2D eigenvalue weighted by Gasteiger charge is -2.08. The second-order valence-corrected chi connectivity index (χ2v) is 4.56. The molecule has 2 aromatic rings. The quantitative estimate of drug-likeness (QED) is 0.775. The molecule has 3 nitrogen and oxygen atoms in total. The number of rotatable bonds is 3. The number of hydrogen-bond acceptors (Lipinski definition) is 2. The van der Waals surface area contributed by atoms with Crippen LogP contribution in [0.4, 0.5) is 0 Å². The molecule has 1 aromatic heterocycles. The van der Waals surface area contributed by atoms with Crippen LogP contribution in [0.2, 0.25) is 0 Å². The van der Waals surface area contributed by atoms with Gasteiger partial charge in [0.25, 0.3) is 0 Å². The van der Waals surface area contributed by atoms with Crippen molar-refractivity contribution in [3.05, 3.63) is 52.3 Å². The topological polar surface area (TPSA) is 34.9 Å². The summed E-state index contributed by atoms with van der Waals surface area (Å²) in [7, 11) is 0. The van der Waals surface area contributed by atoms with Crippen LogP contribution in [0.3, 0.4) is 0 Å². The first-order valence-corrected chi connectivity index (χ1v) is 6.20. The lowest BCUT2D eigenvalue weighted by molar-refractivity contribution is 0.102. The summed E-state index contributed by atoms with van der Waals surface area (Å²) in [6.07, 6.45) is 0. The number of ketones is 1. The molecule has 0 aliphatic rings. The van der Waals surface area contributed by atoms with Gasteiger partial charge < -0.3 is 0 Å². The van der Waals surface area contributed by atoms with Crippen molar-refractivity contribution >= 4 is 5.78 Å². The van der Waals surface area contributed by atoms with E-state index >= 15 is 0 Å². The highest BCUT2D eigenvalue weighted by Crippen LogP contribution is 2.17. The Morgan fingerprint density at radius 1 is 1.28 bits per heavy atom. The summed E-state index contributed by atoms with van der Waals surface area (Å²) in [5.41, 5.74) is 4.50. The van der Waals surface area contributed by atoms with E-state index in [0.29, 0.717) is 12.2 Å². The van der Waals surface area contributed by atoms with Gasteiger partial charge in [-0.1, -0.05) is 18.2 Å². The molecule has 0 aliphatic carbocycles. The molecule has 18 heavy (non-hydrogen) atoms. The minimum Gasteiger partial charge on any atom is -0.287 e. The molecular weight excluding hydrogens is 224 g/mol. The van der Waals surface area contributed by atoms with Gasteiger partial charge in [-0.05, 0) is 44.9 Å². The third kappa shape index (κ3) is 2.08. The SMILES string of the molecule is CCn1nc(C)cc1C(=O)c1cccc(C)c1C. The average molecular weight is 242 g/mol. The van der Waals surface area contributed by atoms with E-state index in [-0.39, 0.29) is 5.78 Å². The number of carbonyl (C=O) groups is 1. The van der Waals surface area contributed by atoms with E-state index in [9.17, 15) is 4.79 Å². The van der Waals surface area contributed by atoms with E-state index in [1.165, 1.54) is 0 Å². The highest BCUT2D eigenvalue weighted by Gasteiger charge is 2.17. The molecule has 1 heterocycles. The van der Waals surface area contributed by atoms with E-state index in [1.54, 1.807) is 4.68 Å². The van der Waals surface area contributed by atoms with Crippen LogP contribution >= 0.6 is 0 Å². The van der Waals surface area contributed by atoms with Crippen molar-refractivity contribution in [2.75, 3.05) is 0 Å². The number of carbonyl (C=O) groups excluding carboxylic acids is 1. The summed E-state index contributed by atoms with van der Waals surface area (Å²) in [4.78, 5) is 12.6. The minimum atomic E-state index is 0.0543. The predicted molar refractivity (Wildman–Crippen MR) is 72.0 cm³/mol. The van der Waals surface area contributed by atoms with E-state index < -0.39 is 0 Å². The van der Waals surface area contributed by atoms with Gasteiger partial charge >= 0.3 is 0 Å². The van der Waals surface area contributed by atoms with E-state index in [4.69, 9.17) is 0 Å². The number of hydrogen-bond donors (Lipinski definition) is 0. The molecule has 0 radical (unpaired) electrons. The summed E-state index contributed by atoms with van der Waals surface area (Å²) in [5, 5.41) is 4.32. The Hall–Kier alpha value is -1.90. The molecule has 94 valence electrons. The van der Waals surface area contributed by atoms with Crippen LogP contribution in [0.15, 0.2) is 24.3 Å². The Bertz CT molecular complexity index is 597. The summed E-state index contributed by atoms with van der Waals surface area (Å²) < 4.78 is 1.76. The zero-order valence-corrected chi connectivity index (χ0v) is 11.3. The van der Waals surface area contributed by atoms with E-state index in [0.717, 1.165) is 22.4 Å². The Kier molecular flexibility index (Phi) is 3.32. The Labute approximate surface area is 107 Å². The molecule has 0 aliphatic heterocycles. The van der Waals surface area contributed by atoms with Gasteiger partial charge in [-0.3, -0.25) is 9.48 Å². The third-order valence-corrected chi connectivity index (χ3v) is 3.28. The fourth-order valence-corrected chi connectivity index (χ4v) is 2.10. The average Bonchev–Trinajstić information content (AvgIpc) is 2.73. The molecule has 2 rings (SSSR count). The van der Waals surface area contributed by atoms with Gasteiger partial charge in [0.05, 0.1) is 5.69 Å². The van der Waals surface area contributed by atoms with Crippen LogP contribution in [0, 0.1) is 20.8 Å². The van der Waals surface area contributed by atoms with Crippen LogP contribution in [0.1, 0.15) is 39.8 Å². The van der Waals surface area contributed by atoms with E-state index in [1.807, 2.05) is 52.0 Å². The van der Waals surface area contributed by atoms with Crippen LogP contribution < -0.4 is 0 Å². The van der Waals surface area contributed by atoms with Gasteiger partial charge in [-0.15, -0.1) is 0 Å². The van der Waals surface area contributed by atoms with Crippen molar-refractivity contribution in [1.29, 1.82) is 0 Å². The Balaban J connectivity index is 2.51. The zero-order chi connectivity index (χ0) is 13.3. The maximum atomic E-state index is 12.6. The molecule has 0 fully saturated rings. The van der Waals surface area contributed by atoms with E-state index in [2.05, 4.69) is 5.10 Å². The van der Waals surface area contributed by atoms with Crippen molar-refractivity contribution < 1.29 is 4.79 Å². The van der Waals surface area contributed by atoms with Gasteiger partial charge in [0.2, 0.25) is 5.78 Å². The molecule has 0 saturated heterocycles. The normalized spacial score (nSPS) is 10.7. The highest BCUT2D eigenvalue weighted by atomic mass is 16.1. The van der Waals surface area contributed by atoms with Crippen molar-refractivity contribution in [3.8, 4) is 0 Å². The molecule has 0 N–H and O–H groups in total. The fraction of sp³-hybridized carbons (Fsp3) is 0.333. The molecule has 3 heteroatoms. The molecule has 0 bridgehead atoms. The second kappa shape index (κ2) is 4.77. The number of aromatic nitrogens is 2. The van der Waals surface area contributed by atoms with Crippen molar-refractivity contribution in [1.82, 2.24) is 9.78 Å². The monoisotopic (exact) mass is 242 g/mol. The predicted octanol–water partition coefficient (Wildman–Crippen LogP) is 3.06. The summed E-state index contributed by atoms with van der Waals surface area (Å²) >= 11 is 0.